The number of hydrogen-bond donors (Lipinski definition) is 2. The van der Waals surface area contributed by atoms with Gasteiger partial charge in [-0.2, -0.15) is 4.98 Å². The number of pyridine rings is 1. The van der Waals surface area contributed by atoms with Gasteiger partial charge in [0.15, 0.2) is 5.82 Å². The van der Waals surface area contributed by atoms with Crippen molar-refractivity contribution >= 4 is 11.5 Å². The zero-order chi connectivity index (χ0) is 16.8. The van der Waals surface area contributed by atoms with Gasteiger partial charge in [0, 0.05) is 12.7 Å². The zero-order valence-corrected chi connectivity index (χ0v) is 13.1. The fourth-order valence-electron chi connectivity index (χ4n) is 2.05. The van der Waals surface area contributed by atoms with Crippen LogP contribution in [0.5, 0.6) is 17.4 Å². The largest absolute Gasteiger partial charge is 0.497 e. The van der Waals surface area contributed by atoms with E-state index in [2.05, 4.69) is 20.3 Å². The Kier molecular flexibility index (Phi) is 4.71. The summed E-state index contributed by atoms with van der Waals surface area (Å²) in [6.07, 6.45) is 4.66. The monoisotopic (exact) mass is 323 g/mol. The Balaban J connectivity index is 1.70. The van der Waals surface area contributed by atoms with Crippen molar-refractivity contribution in [1.29, 1.82) is 0 Å². The molecule has 3 rings (SSSR count). The maximum absolute atomic E-state index is 6.09. The van der Waals surface area contributed by atoms with Crippen molar-refractivity contribution in [2.75, 3.05) is 18.2 Å². The second kappa shape index (κ2) is 7.28. The second-order valence-electron chi connectivity index (χ2n) is 4.93. The van der Waals surface area contributed by atoms with Crippen molar-refractivity contribution < 1.29 is 9.47 Å². The molecule has 122 valence electrons. The lowest BCUT2D eigenvalue weighted by Crippen LogP contribution is -2.06. The van der Waals surface area contributed by atoms with Gasteiger partial charge in [0.1, 0.15) is 23.5 Å². The van der Waals surface area contributed by atoms with Crippen LogP contribution in [-0.2, 0) is 6.54 Å². The minimum atomic E-state index is 0.287. The SMILES string of the molecule is COc1ccc(CNc2ncnc(Oc3cccnc3)c2N)cc1. The number of benzene rings is 1. The number of nitrogens with zero attached hydrogens (tertiary/aromatic N) is 3. The van der Waals surface area contributed by atoms with Crippen molar-refractivity contribution in [2.45, 2.75) is 6.54 Å². The Morgan fingerprint density at radius 1 is 1.08 bits per heavy atom. The molecule has 0 saturated carbocycles. The molecule has 0 amide bonds. The summed E-state index contributed by atoms with van der Waals surface area (Å²) in [4.78, 5) is 12.2. The van der Waals surface area contributed by atoms with Gasteiger partial charge in [0.05, 0.1) is 13.3 Å². The molecule has 0 unspecified atom stereocenters. The van der Waals surface area contributed by atoms with Crippen LogP contribution in [0.2, 0.25) is 0 Å². The Bertz CT molecular complexity index is 794. The molecular weight excluding hydrogens is 306 g/mol. The van der Waals surface area contributed by atoms with E-state index in [1.54, 1.807) is 31.6 Å². The smallest absolute Gasteiger partial charge is 0.248 e. The summed E-state index contributed by atoms with van der Waals surface area (Å²) in [7, 11) is 1.64. The van der Waals surface area contributed by atoms with Crippen LogP contribution in [0.15, 0.2) is 55.1 Å². The van der Waals surface area contributed by atoms with Gasteiger partial charge < -0.3 is 20.5 Å². The molecule has 0 saturated heterocycles. The Morgan fingerprint density at radius 3 is 2.62 bits per heavy atom. The number of nitrogens with one attached hydrogen (secondary N) is 1. The quantitative estimate of drug-likeness (QED) is 0.720. The van der Waals surface area contributed by atoms with Crippen LogP contribution < -0.4 is 20.5 Å². The third kappa shape index (κ3) is 3.70. The maximum Gasteiger partial charge on any atom is 0.248 e. The molecule has 0 bridgehead atoms. The second-order valence-corrected chi connectivity index (χ2v) is 4.93. The summed E-state index contributed by atoms with van der Waals surface area (Å²) in [5.41, 5.74) is 7.50. The Hall–Kier alpha value is -3.35. The van der Waals surface area contributed by atoms with Gasteiger partial charge in [-0.05, 0) is 29.8 Å². The third-order valence-corrected chi connectivity index (χ3v) is 3.32. The molecule has 0 aliphatic heterocycles. The first kappa shape index (κ1) is 15.5. The normalized spacial score (nSPS) is 10.2. The molecule has 2 aromatic heterocycles. The van der Waals surface area contributed by atoms with Crippen molar-refractivity contribution in [3.8, 4) is 17.4 Å². The predicted molar refractivity (Wildman–Crippen MR) is 91.1 cm³/mol. The molecule has 0 spiro atoms. The van der Waals surface area contributed by atoms with Crippen molar-refractivity contribution in [1.82, 2.24) is 15.0 Å². The maximum atomic E-state index is 6.09. The number of methoxy groups -OCH3 is 1. The summed E-state index contributed by atoms with van der Waals surface area (Å²) < 4.78 is 10.8. The predicted octanol–water partition coefficient (Wildman–Crippen LogP) is 2.87. The molecule has 24 heavy (non-hydrogen) atoms. The minimum Gasteiger partial charge on any atom is -0.497 e. The fraction of sp³-hybridized carbons (Fsp3) is 0.118. The van der Waals surface area contributed by atoms with Crippen LogP contribution in [-0.4, -0.2) is 22.1 Å². The van der Waals surface area contributed by atoms with E-state index in [1.807, 2.05) is 24.3 Å². The van der Waals surface area contributed by atoms with E-state index >= 15 is 0 Å². The van der Waals surface area contributed by atoms with E-state index < -0.39 is 0 Å². The summed E-state index contributed by atoms with van der Waals surface area (Å²) in [5.74, 6) is 2.17. The zero-order valence-electron chi connectivity index (χ0n) is 13.1. The standard InChI is InChI=1S/C17H17N5O2/c1-23-13-6-4-12(5-7-13)9-20-16-15(18)17(22-11-21-16)24-14-3-2-8-19-10-14/h2-8,10-11H,9,18H2,1H3,(H,20,21,22). The van der Waals surface area contributed by atoms with E-state index in [-0.39, 0.29) is 5.88 Å². The molecule has 0 atom stereocenters. The number of anilines is 2. The molecule has 7 heteroatoms. The fourth-order valence-corrected chi connectivity index (χ4v) is 2.05. The average Bonchev–Trinajstić information content (AvgIpc) is 2.64. The first-order chi connectivity index (χ1) is 11.8. The van der Waals surface area contributed by atoms with Gasteiger partial charge in [-0.15, -0.1) is 0 Å². The number of rotatable bonds is 6. The lowest BCUT2D eigenvalue weighted by atomic mass is 10.2. The number of hydrogen-bond acceptors (Lipinski definition) is 7. The Labute approximate surface area is 139 Å². The number of nitrogen functional groups attached to an aromatic ring is 1. The first-order valence-electron chi connectivity index (χ1n) is 7.31. The molecule has 0 radical (unpaired) electrons. The van der Waals surface area contributed by atoms with Crippen molar-refractivity contribution in [2.24, 2.45) is 0 Å². The van der Waals surface area contributed by atoms with Crippen LogP contribution in [0.1, 0.15) is 5.56 Å². The molecule has 2 heterocycles. The lowest BCUT2D eigenvalue weighted by Gasteiger charge is -2.11. The lowest BCUT2D eigenvalue weighted by molar-refractivity contribution is 0.414. The van der Waals surface area contributed by atoms with Crippen LogP contribution >= 0.6 is 0 Å². The van der Waals surface area contributed by atoms with Gasteiger partial charge >= 0.3 is 0 Å². The number of aromatic nitrogens is 3. The van der Waals surface area contributed by atoms with E-state index in [4.69, 9.17) is 15.2 Å². The molecule has 7 nitrogen and oxygen atoms in total. The highest BCUT2D eigenvalue weighted by molar-refractivity contribution is 5.67. The molecule has 3 aromatic rings. The summed E-state index contributed by atoms with van der Waals surface area (Å²) in [6.45, 7) is 0.567. The third-order valence-electron chi connectivity index (χ3n) is 3.32. The van der Waals surface area contributed by atoms with Crippen molar-refractivity contribution in [3.63, 3.8) is 0 Å². The van der Waals surface area contributed by atoms with Crippen LogP contribution in [0, 0.1) is 0 Å². The number of ether oxygens (including phenoxy) is 2. The summed E-state index contributed by atoms with van der Waals surface area (Å²) in [5, 5.41) is 3.18. The van der Waals surface area contributed by atoms with Crippen LogP contribution in [0.3, 0.4) is 0 Å². The highest BCUT2D eigenvalue weighted by atomic mass is 16.5. The topological polar surface area (TPSA) is 95.2 Å². The van der Waals surface area contributed by atoms with Crippen molar-refractivity contribution in [3.05, 3.63) is 60.7 Å². The first-order valence-corrected chi connectivity index (χ1v) is 7.31. The highest BCUT2D eigenvalue weighted by Crippen LogP contribution is 2.29. The van der Waals surface area contributed by atoms with E-state index in [0.717, 1.165) is 11.3 Å². The Morgan fingerprint density at radius 2 is 1.92 bits per heavy atom. The van der Waals surface area contributed by atoms with E-state index in [0.29, 0.717) is 23.8 Å². The molecule has 0 aliphatic carbocycles. The molecule has 3 N–H and O–H groups in total. The summed E-state index contributed by atoms with van der Waals surface area (Å²) >= 11 is 0. The van der Waals surface area contributed by atoms with Gasteiger partial charge in [-0.1, -0.05) is 12.1 Å². The molecule has 0 aliphatic rings. The highest BCUT2D eigenvalue weighted by Gasteiger charge is 2.10. The average molecular weight is 323 g/mol. The van der Waals surface area contributed by atoms with Gasteiger partial charge in [0.25, 0.3) is 0 Å². The van der Waals surface area contributed by atoms with Crippen LogP contribution in [0.25, 0.3) is 0 Å². The summed E-state index contributed by atoms with van der Waals surface area (Å²) in [6, 6.07) is 11.3. The van der Waals surface area contributed by atoms with Gasteiger partial charge in [-0.25, -0.2) is 4.98 Å². The molecule has 1 aromatic carbocycles. The molecular formula is C17H17N5O2. The van der Waals surface area contributed by atoms with Gasteiger partial charge in [0.2, 0.25) is 5.88 Å². The van der Waals surface area contributed by atoms with E-state index in [1.165, 1.54) is 6.33 Å². The minimum absolute atomic E-state index is 0.287. The molecule has 0 fully saturated rings. The number of nitrogens with two attached hydrogens (primary N) is 1. The van der Waals surface area contributed by atoms with Gasteiger partial charge in [-0.3, -0.25) is 4.98 Å². The van der Waals surface area contributed by atoms with E-state index in [9.17, 15) is 0 Å². The van der Waals surface area contributed by atoms with Crippen LogP contribution in [0.4, 0.5) is 11.5 Å².